The number of fused-ring (bicyclic) bond motifs is 2. The second-order valence-electron chi connectivity index (χ2n) is 6.35. The minimum atomic E-state index is -4.39. The average Bonchev–Trinajstić information content (AvgIpc) is 2.80. The van der Waals surface area contributed by atoms with E-state index in [1.54, 1.807) is 0 Å². The molecule has 0 unspecified atom stereocenters. The number of carbonyl (C=O) groups is 1. The second-order valence-corrected chi connectivity index (χ2v) is 8.05. The van der Waals surface area contributed by atoms with Crippen molar-refractivity contribution < 1.29 is 41.3 Å². The summed E-state index contributed by atoms with van der Waals surface area (Å²) in [4.78, 5) is 24.4. The van der Waals surface area contributed by atoms with E-state index < -0.39 is 32.9 Å². The SMILES string of the molecule is COC(=O)CNS(=O)(=O)c1c(OC)cc(OC)c2c(=O)c3cc(OC)c(OC)cc3oc12. The standard InChI is InChI=1S/C20H21NO10S/c1-26-12-6-10-11(7-13(12)27-2)31-19-17(18(10)23)14(28-3)8-15(29-4)20(19)32(24,25)21-9-16(22)30-5/h6-8,21H,9H2,1-5H3. The monoisotopic (exact) mass is 467 g/mol. The molecule has 0 spiro atoms. The molecule has 3 aromatic rings. The van der Waals surface area contributed by atoms with Crippen molar-refractivity contribution >= 4 is 37.9 Å². The van der Waals surface area contributed by atoms with E-state index >= 15 is 0 Å². The number of esters is 1. The molecule has 1 N–H and O–H groups in total. The predicted octanol–water partition coefficient (Wildman–Crippen LogP) is 1.43. The molecule has 32 heavy (non-hydrogen) atoms. The lowest BCUT2D eigenvalue weighted by Gasteiger charge is -2.16. The van der Waals surface area contributed by atoms with Crippen LogP contribution >= 0.6 is 0 Å². The van der Waals surface area contributed by atoms with Crippen LogP contribution in [0.1, 0.15) is 0 Å². The first kappa shape index (κ1) is 23.2. The van der Waals surface area contributed by atoms with Crippen molar-refractivity contribution in [1.29, 1.82) is 0 Å². The molecule has 0 bridgehead atoms. The third kappa shape index (κ3) is 3.89. The molecule has 1 aromatic heterocycles. The van der Waals surface area contributed by atoms with Gasteiger partial charge in [-0.05, 0) is 6.07 Å². The summed E-state index contributed by atoms with van der Waals surface area (Å²) in [7, 11) is 2.10. The first-order valence-electron chi connectivity index (χ1n) is 9.06. The van der Waals surface area contributed by atoms with Gasteiger partial charge in [0.2, 0.25) is 15.5 Å². The van der Waals surface area contributed by atoms with E-state index in [1.807, 2.05) is 0 Å². The number of sulfonamides is 1. The van der Waals surface area contributed by atoms with Crippen LogP contribution in [-0.4, -0.2) is 56.5 Å². The van der Waals surface area contributed by atoms with Gasteiger partial charge in [-0.15, -0.1) is 0 Å². The van der Waals surface area contributed by atoms with Gasteiger partial charge in [-0.3, -0.25) is 9.59 Å². The Morgan fingerprint density at radius 1 is 0.906 bits per heavy atom. The Balaban J connectivity index is 2.46. The molecule has 0 aliphatic rings. The van der Waals surface area contributed by atoms with Crippen LogP contribution < -0.4 is 29.1 Å². The Labute approximate surface area is 182 Å². The van der Waals surface area contributed by atoms with E-state index in [-0.39, 0.29) is 44.9 Å². The van der Waals surface area contributed by atoms with Crippen LogP contribution in [-0.2, 0) is 19.6 Å². The van der Waals surface area contributed by atoms with Crippen molar-refractivity contribution in [2.24, 2.45) is 0 Å². The van der Waals surface area contributed by atoms with Crippen LogP contribution in [0.3, 0.4) is 0 Å². The van der Waals surface area contributed by atoms with E-state index in [0.29, 0.717) is 0 Å². The summed E-state index contributed by atoms with van der Waals surface area (Å²) in [5, 5.41) is -0.0176. The number of hydrogen-bond acceptors (Lipinski definition) is 10. The Morgan fingerprint density at radius 3 is 2.06 bits per heavy atom. The number of rotatable bonds is 8. The fraction of sp³-hybridized carbons (Fsp3) is 0.300. The topological polar surface area (TPSA) is 140 Å². The molecule has 0 aliphatic heterocycles. The zero-order valence-electron chi connectivity index (χ0n) is 17.9. The molecule has 0 radical (unpaired) electrons. The molecule has 2 aromatic carbocycles. The van der Waals surface area contributed by atoms with Gasteiger partial charge in [0, 0.05) is 12.1 Å². The summed E-state index contributed by atoms with van der Waals surface area (Å²) in [6.45, 7) is -0.641. The molecule has 0 saturated heterocycles. The molecule has 0 saturated carbocycles. The van der Waals surface area contributed by atoms with E-state index in [9.17, 15) is 18.0 Å². The van der Waals surface area contributed by atoms with Gasteiger partial charge in [-0.25, -0.2) is 8.42 Å². The lowest BCUT2D eigenvalue weighted by atomic mass is 10.1. The Hall–Kier alpha value is -3.51. The molecule has 1 heterocycles. The Morgan fingerprint density at radius 2 is 1.50 bits per heavy atom. The Bertz CT molecular complexity index is 1360. The molecule has 12 heteroatoms. The normalized spacial score (nSPS) is 11.4. The van der Waals surface area contributed by atoms with E-state index in [0.717, 1.165) is 7.11 Å². The van der Waals surface area contributed by atoms with Gasteiger partial charge in [0.15, 0.2) is 22.0 Å². The molecule has 11 nitrogen and oxygen atoms in total. The number of methoxy groups -OCH3 is 5. The van der Waals surface area contributed by atoms with Gasteiger partial charge in [0.05, 0.1) is 40.9 Å². The van der Waals surface area contributed by atoms with E-state index in [2.05, 4.69) is 9.46 Å². The van der Waals surface area contributed by atoms with Crippen molar-refractivity contribution in [2.75, 3.05) is 42.1 Å². The molecular weight excluding hydrogens is 446 g/mol. The van der Waals surface area contributed by atoms with Crippen molar-refractivity contribution in [3.63, 3.8) is 0 Å². The highest BCUT2D eigenvalue weighted by atomic mass is 32.2. The van der Waals surface area contributed by atoms with Crippen LogP contribution in [0.5, 0.6) is 23.0 Å². The van der Waals surface area contributed by atoms with Crippen molar-refractivity contribution in [3.05, 3.63) is 28.4 Å². The lowest BCUT2D eigenvalue weighted by Crippen LogP contribution is -2.30. The molecular formula is C20H21NO10S. The number of hydrogen-bond donors (Lipinski definition) is 1. The summed E-state index contributed by atoms with van der Waals surface area (Å²) < 4.78 is 59.6. The molecule has 0 amide bonds. The summed E-state index contributed by atoms with van der Waals surface area (Å²) in [5.74, 6) is -0.379. The van der Waals surface area contributed by atoms with Crippen molar-refractivity contribution in [3.8, 4) is 23.0 Å². The quantitative estimate of drug-likeness (QED) is 0.382. The number of benzene rings is 2. The molecule has 0 fully saturated rings. The first-order chi connectivity index (χ1) is 15.2. The minimum Gasteiger partial charge on any atom is -0.496 e. The van der Waals surface area contributed by atoms with Crippen LogP contribution in [0.2, 0.25) is 0 Å². The third-order valence-corrected chi connectivity index (χ3v) is 6.13. The first-order valence-corrected chi connectivity index (χ1v) is 10.5. The van der Waals surface area contributed by atoms with E-state index in [4.69, 9.17) is 23.4 Å². The highest BCUT2D eigenvalue weighted by Crippen LogP contribution is 2.40. The van der Waals surface area contributed by atoms with Crippen molar-refractivity contribution in [2.45, 2.75) is 4.90 Å². The summed E-state index contributed by atoms with van der Waals surface area (Å²) in [6, 6.07) is 4.07. The summed E-state index contributed by atoms with van der Waals surface area (Å²) >= 11 is 0. The highest BCUT2D eigenvalue weighted by Gasteiger charge is 2.30. The maximum Gasteiger partial charge on any atom is 0.320 e. The lowest BCUT2D eigenvalue weighted by molar-refractivity contribution is -0.139. The van der Waals surface area contributed by atoms with Crippen LogP contribution in [0.15, 0.2) is 32.3 Å². The smallest absolute Gasteiger partial charge is 0.320 e. The van der Waals surface area contributed by atoms with Gasteiger partial charge in [-0.1, -0.05) is 0 Å². The average molecular weight is 467 g/mol. The second kappa shape index (κ2) is 8.93. The van der Waals surface area contributed by atoms with Gasteiger partial charge in [0.25, 0.3) is 0 Å². The number of nitrogens with one attached hydrogen (secondary N) is 1. The predicted molar refractivity (Wildman–Crippen MR) is 113 cm³/mol. The maximum atomic E-state index is 13.4. The van der Waals surface area contributed by atoms with Crippen LogP contribution in [0, 0.1) is 0 Å². The van der Waals surface area contributed by atoms with E-state index in [1.165, 1.54) is 46.6 Å². The van der Waals surface area contributed by atoms with Gasteiger partial charge < -0.3 is 28.1 Å². The zero-order valence-corrected chi connectivity index (χ0v) is 18.7. The van der Waals surface area contributed by atoms with Gasteiger partial charge >= 0.3 is 5.97 Å². The zero-order chi connectivity index (χ0) is 23.6. The Kier molecular flexibility index (Phi) is 6.46. The molecule has 0 atom stereocenters. The van der Waals surface area contributed by atoms with Crippen molar-refractivity contribution in [1.82, 2.24) is 4.72 Å². The fourth-order valence-corrected chi connectivity index (χ4v) is 4.39. The number of ether oxygens (including phenoxy) is 5. The largest absolute Gasteiger partial charge is 0.496 e. The molecule has 0 aliphatic carbocycles. The number of carbonyl (C=O) groups excluding carboxylic acids is 1. The molecule has 3 rings (SSSR count). The summed E-state index contributed by atoms with van der Waals surface area (Å²) in [5.41, 5.74) is -0.839. The third-order valence-electron chi connectivity index (χ3n) is 4.68. The van der Waals surface area contributed by atoms with Crippen LogP contribution in [0.4, 0.5) is 0 Å². The van der Waals surface area contributed by atoms with Gasteiger partial charge in [-0.2, -0.15) is 4.72 Å². The maximum absolute atomic E-state index is 13.4. The highest BCUT2D eigenvalue weighted by molar-refractivity contribution is 7.89. The molecule has 172 valence electrons. The fourth-order valence-electron chi connectivity index (χ4n) is 3.14. The van der Waals surface area contributed by atoms with Crippen LogP contribution in [0.25, 0.3) is 21.9 Å². The summed E-state index contributed by atoms with van der Waals surface area (Å²) in [6.07, 6.45) is 0. The van der Waals surface area contributed by atoms with Gasteiger partial charge in [0.1, 0.15) is 29.0 Å². The minimum absolute atomic E-state index is 0.0363.